The van der Waals surface area contributed by atoms with Gasteiger partial charge in [0.1, 0.15) is 0 Å². The van der Waals surface area contributed by atoms with Gasteiger partial charge in [-0.15, -0.1) is 4.85 Å². The minimum Gasteiger partial charge on any atom is -0.411 e. The highest BCUT2D eigenvalue weighted by Crippen LogP contribution is 1.74. The summed E-state index contributed by atoms with van der Waals surface area (Å²) in [7, 11) is 0. The Balaban J connectivity index is 3.59. The molecule has 1 aromatic rings. The lowest BCUT2D eigenvalue weighted by Crippen LogP contribution is -2.28. The molecule has 0 unspecified atom stereocenters. The lowest BCUT2D eigenvalue weighted by Gasteiger charge is -1.95. The third-order valence-corrected chi connectivity index (χ3v) is 1.15. The minimum absolute atomic E-state index is 0.142. The molecule has 0 aliphatic heterocycles. The van der Waals surface area contributed by atoms with Gasteiger partial charge < -0.3 is 5.21 Å². The maximum Gasteiger partial charge on any atom is 0.268 e. The summed E-state index contributed by atoms with van der Waals surface area (Å²) in [4.78, 5) is 11.0. The number of aromatic nitrogens is 2. The van der Waals surface area contributed by atoms with Crippen LogP contribution in [-0.4, -0.2) is 15.2 Å². The van der Waals surface area contributed by atoms with Crippen molar-refractivity contribution in [2.75, 3.05) is 0 Å². The molecular weight excluding hydrogens is 134 g/mol. The van der Waals surface area contributed by atoms with Gasteiger partial charge >= 0.3 is 0 Å². The molecule has 0 atom stereocenters. The first-order valence-corrected chi connectivity index (χ1v) is 2.68. The Kier molecular flexibility index (Phi) is 1.33. The van der Waals surface area contributed by atoms with Crippen molar-refractivity contribution in [1.82, 2.24) is 9.94 Å². The van der Waals surface area contributed by atoms with Crippen LogP contribution in [0.3, 0.4) is 0 Å². The van der Waals surface area contributed by atoms with Gasteiger partial charge in [-0.25, -0.2) is 5.10 Å². The standard InChI is InChI=1S/C5H7N3O2/c1-3-2-4(6)8(10)7-5(3)9/h2,6,10H,1H3,(H,7,9). The molecule has 54 valence electrons. The molecule has 0 aliphatic rings. The van der Waals surface area contributed by atoms with Gasteiger partial charge in [-0.3, -0.25) is 10.2 Å². The van der Waals surface area contributed by atoms with Crippen LogP contribution in [-0.2, 0) is 0 Å². The fourth-order valence-electron chi connectivity index (χ4n) is 0.576. The quantitative estimate of drug-likeness (QED) is 0.413. The average Bonchev–Trinajstić information content (AvgIpc) is 1.84. The molecule has 0 bridgehead atoms. The summed E-state index contributed by atoms with van der Waals surface area (Å²) in [5, 5.41) is 17.7. The molecule has 0 spiro atoms. The van der Waals surface area contributed by atoms with Crippen molar-refractivity contribution in [3.8, 4) is 0 Å². The molecule has 0 amide bonds. The van der Waals surface area contributed by atoms with E-state index in [1.807, 2.05) is 5.10 Å². The number of hydrogen-bond donors (Lipinski definition) is 3. The topological polar surface area (TPSA) is 81.9 Å². The van der Waals surface area contributed by atoms with Crippen molar-refractivity contribution in [3.05, 3.63) is 27.5 Å². The van der Waals surface area contributed by atoms with E-state index in [4.69, 9.17) is 10.6 Å². The van der Waals surface area contributed by atoms with Crippen LogP contribution < -0.4 is 11.0 Å². The normalized spacial score (nSPS) is 9.70. The number of hydrogen-bond acceptors (Lipinski definition) is 3. The number of nitrogens with one attached hydrogen (secondary N) is 2. The molecule has 0 aromatic carbocycles. The molecule has 5 nitrogen and oxygen atoms in total. The number of aryl methyl sites for hydroxylation is 1. The molecule has 0 radical (unpaired) electrons. The van der Waals surface area contributed by atoms with Gasteiger partial charge in [0.05, 0.1) is 0 Å². The van der Waals surface area contributed by atoms with Crippen molar-refractivity contribution in [2.24, 2.45) is 0 Å². The van der Waals surface area contributed by atoms with Gasteiger partial charge in [0.25, 0.3) is 5.56 Å². The molecule has 1 aromatic heterocycles. The number of aromatic amines is 1. The second-order valence-electron chi connectivity index (χ2n) is 1.97. The van der Waals surface area contributed by atoms with Crippen LogP contribution >= 0.6 is 0 Å². The number of nitrogens with zero attached hydrogens (tertiary/aromatic N) is 1. The summed E-state index contributed by atoms with van der Waals surface area (Å²) < 4.78 is 0. The van der Waals surface area contributed by atoms with Gasteiger partial charge in [0, 0.05) is 5.56 Å². The third kappa shape index (κ3) is 0.928. The molecule has 1 rings (SSSR count). The molecule has 3 N–H and O–H groups in total. The Bertz CT molecular complexity index is 313. The zero-order chi connectivity index (χ0) is 7.72. The first-order chi connectivity index (χ1) is 4.61. The highest BCUT2D eigenvalue weighted by atomic mass is 16.5. The summed E-state index contributed by atoms with van der Waals surface area (Å²) in [6.07, 6.45) is 0. The number of rotatable bonds is 0. The van der Waals surface area contributed by atoms with E-state index in [0.717, 1.165) is 0 Å². The Morgan fingerprint density at radius 3 is 2.90 bits per heavy atom. The maximum atomic E-state index is 10.7. The van der Waals surface area contributed by atoms with E-state index in [0.29, 0.717) is 10.4 Å². The van der Waals surface area contributed by atoms with Crippen LogP contribution in [0.2, 0.25) is 0 Å². The zero-order valence-electron chi connectivity index (χ0n) is 5.38. The lowest BCUT2D eigenvalue weighted by molar-refractivity contribution is 0.127. The third-order valence-electron chi connectivity index (χ3n) is 1.15. The fraction of sp³-hybridized carbons (Fsp3) is 0.200. The first kappa shape index (κ1) is 6.60. The summed E-state index contributed by atoms with van der Waals surface area (Å²) in [6.45, 7) is 1.57. The summed E-state index contributed by atoms with van der Waals surface area (Å²) in [5.41, 5.74) is -0.120. The Labute approximate surface area is 56.0 Å². The van der Waals surface area contributed by atoms with Crippen LogP contribution in [0.4, 0.5) is 0 Å². The van der Waals surface area contributed by atoms with E-state index in [9.17, 15) is 4.79 Å². The van der Waals surface area contributed by atoms with E-state index in [1.54, 1.807) is 6.92 Å². The maximum absolute atomic E-state index is 10.7. The van der Waals surface area contributed by atoms with E-state index < -0.39 is 5.56 Å². The van der Waals surface area contributed by atoms with Crippen LogP contribution in [0.5, 0.6) is 0 Å². The molecule has 0 saturated carbocycles. The second-order valence-corrected chi connectivity index (χ2v) is 1.97. The lowest BCUT2D eigenvalue weighted by atomic mass is 10.3. The van der Waals surface area contributed by atoms with E-state index in [1.165, 1.54) is 6.07 Å². The summed E-state index contributed by atoms with van der Waals surface area (Å²) >= 11 is 0. The fourth-order valence-corrected chi connectivity index (χ4v) is 0.576. The molecule has 0 fully saturated rings. The van der Waals surface area contributed by atoms with Gasteiger partial charge in [-0.2, -0.15) is 0 Å². The molecule has 5 heteroatoms. The average molecular weight is 141 g/mol. The van der Waals surface area contributed by atoms with E-state index in [-0.39, 0.29) is 5.49 Å². The first-order valence-electron chi connectivity index (χ1n) is 2.68. The van der Waals surface area contributed by atoms with Crippen LogP contribution in [0.25, 0.3) is 0 Å². The molecule has 1 heterocycles. The Morgan fingerprint density at radius 1 is 1.80 bits per heavy atom. The van der Waals surface area contributed by atoms with Crippen molar-refractivity contribution in [2.45, 2.75) is 6.92 Å². The smallest absolute Gasteiger partial charge is 0.268 e. The minimum atomic E-state index is -0.390. The monoisotopic (exact) mass is 141 g/mol. The van der Waals surface area contributed by atoms with E-state index in [2.05, 4.69) is 0 Å². The van der Waals surface area contributed by atoms with Gasteiger partial charge in [0.15, 0.2) is 5.49 Å². The molecule has 10 heavy (non-hydrogen) atoms. The van der Waals surface area contributed by atoms with Crippen molar-refractivity contribution in [3.63, 3.8) is 0 Å². The second kappa shape index (κ2) is 2.02. The van der Waals surface area contributed by atoms with Crippen LogP contribution in [0, 0.1) is 12.3 Å². The Hall–Kier alpha value is -1.52. The highest BCUT2D eigenvalue weighted by molar-refractivity contribution is 5.01. The summed E-state index contributed by atoms with van der Waals surface area (Å²) in [6, 6.07) is 1.28. The van der Waals surface area contributed by atoms with Crippen molar-refractivity contribution in [1.29, 1.82) is 5.41 Å². The predicted molar refractivity (Wildman–Crippen MR) is 32.8 cm³/mol. The highest BCUT2D eigenvalue weighted by Gasteiger charge is 1.93. The van der Waals surface area contributed by atoms with Crippen LogP contribution in [0.1, 0.15) is 5.56 Å². The number of H-pyrrole nitrogens is 1. The van der Waals surface area contributed by atoms with Crippen molar-refractivity contribution < 1.29 is 5.21 Å². The van der Waals surface area contributed by atoms with Crippen molar-refractivity contribution >= 4 is 0 Å². The van der Waals surface area contributed by atoms with Gasteiger partial charge in [-0.1, -0.05) is 0 Å². The SMILES string of the molecule is Cc1cc(=N)n(O)[nH]c1=O. The van der Waals surface area contributed by atoms with Gasteiger partial charge in [0.2, 0.25) is 0 Å². The summed E-state index contributed by atoms with van der Waals surface area (Å²) in [5.74, 6) is 0. The molecule has 0 saturated heterocycles. The van der Waals surface area contributed by atoms with Gasteiger partial charge in [-0.05, 0) is 13.0 Å². The zero-order valence-corrected chi connectivity index (χ0v) is 5.38. The molecular formula is C5H7N3O2. The Morgan fingerprint density at radius 2 is 2.40 bits per heavy atom. The predicted octanol–water partition coefficient (Wildman–Crippen LogP) is -0.798. The largest absolute Gasteiger partial charge is 0.411 e. The van der Waals surface area contributed by atoms with E-state index >= 15 is 0 Å². The van der Waals surface area contributed by atoms with Crippen LogP contribution in [0.15, 0.2) is 10.9 Å². The molecule has 0 aliphatic carbocycles.